The molecule has 0 atom stereocenters. The van der Waals surface area contributed by atoms with E-state index in [9.17, 15) is 0 Å². The summed E-state index contributed by atoms with van der Waals surface area (Å²) in [5, 5.41) is 0. The number of aromatic nitrogens is 2. The van der Waals surface area contributed by atoms with E-state index in [1.165, 1.54) is 0 Å². The van der Waals surface area contributed by atoms with Crippen LogP contribution in [-0.2, 0) is 0 Å². The lowest BCUT2D eigenvalue weighted by Gasteiger charge is -1.92. The molecule has 0 N–H and O–H groups in total. The number of imidazole rings is 1. The molecule has 0 spiro atoms. The Morgan fingerprint density at radius 1 is 1.45 bits per heavy atom. The first-order chi connectivity index (χ1) is 5.29. The zero-order valence-electron chi connectivity index (χ0n) is 6.08. The third-order valence-electron chi connectivity index (χ3n) is 1.68. The van der Waals surface area contributed by atoms with Crippen molar-refractivity contribution in [1.82, 2.24) is 9.38 Å². The number of hydrogen-bond acceptors (Lipinski definition) is 1. The third kappa shape index (κ3) is 0.959. The minimum atomic E-state index is 0.913. The topological polar surface area (TPSA) is 17.3 Å². The Bertz CT molecular complexity index is 356. The summed E-state index contributed by atoms with van der Waals surface area (Å²) in [6.45, 7) is 1.98. The van der Waals surface area contributed by atoms with Gasteiger partial charge < -0.3 is 4.40 Å². The lowest BCUT2D eigenvalue weighted by Crippen LogP contribution is -1.84. The molecule has 2 aromatic heterocycles. The second kappa shape index (κ2) is 2.34. The van der Waals surface area contributed by atoms with Crippen molar-refractivity contribution in [2.45, 2.75) is 6.92 Å². The number of nitrogens with zero attached hydrogens (tertiary/aromatic N) is 2. The average Bonchev–Trinajstić information content (AvgIpc) is 2.30. The summed E-state index contributed by atoms with van der Waals surface area (Å²) >= 11 is 3.39. The monoisotopic (exact) mass is 210 g/mol. The highest BCUT2D eigenvalue weighted by atomic mass is 79.9. The molecular weight excluding hydrogens is 204 g/mol. The van der Waals surface area contributed by atoms with E-state index in [0.29, 0.717) is 0 Å². The van der Waals surface area contributed by atoms with Crippen molar-refractivity contribution in [2.24, 2.45) is 0 Å². The predicted octanol–water partition coefficient (Wildman–Crippen LogP) is 2.41. The van der Waals surface area contributed by atoms with Gasteiger partial charge in [0.15, 0.2) is 0 Å². The summed E-state index contributed by atoms with van der Waals surface area (Å²) in [5.74, 6) is 1.01. The van der Waals surface area contributed by atoms with E-state index < -0.39 is 0 Å². The van der Waals surface area contributed by atoms with E-state index in [1.54, 1.807) is 0 Å². The fraction of sp³-hybridized carbons (Fsp3) is 0.125. The largest absolute Gasteiger partial charge is 0.303 e. The zero-order chi connectivity index (χ0) is 7.84. The van der Waals surface area contributed by atoms with Gasteiger partial charge in [-0.25, -0.2) is 4.98 Å². The summed E-state index contributed by atoms with van der Waals surface area (Å²) in [4.78, 5) is 4.27. The van der Waals surface area contributed by atoms with Crippen molar-refractivity contribution < 1.29 is 0 Å². The normalized spacial score (nSPS) is 10.7. The smallest absolute Gasteiger partial charge is 0.132 e. The molecule has 0 aliphatic heterocycles. The molecule has 0 saturated heterocycles. The van der Waals surface area contributed by atoms with Crippen LogP contribution in [0.4, 0.5) is 0 Å². The van der Waals surface area contributed by atoms with Gasteiger partial charge in [-0.2, -0.15) is 0 Å². The Morgan fingerprint density at radius 3 is 3.00 bits per heavy atom. The molecule has 0 amide bonds. The first kappa shape index (κ1) is 6.85. The molecule has 0 aliphatic rings. The predicted molar refractivity (Wildman–Crippen MR) is 47.6 cm³/mol. The van der Waals surface area contributed by atoms with E-state index in [4.69, 9.17) is 0 Å². The molecule has 0 aliphatic carbocycles. The van der Waals surface area contributed by atoms with Gasteiger partial charge in [0, 0.05) is 6.20 Å². The standard InChI is InChI=1S/C8H7BrN2/c1-6-10-8(9)7-4-2-3-5-11(6)7/h2-5H,1H3. The van der Waals surface area contributed by atoms with Gasteiger partial charge in [0.05, 0.1) is 5.52 Å². The third-order valence-corrected chi connectivity index (χ3v) is 2.26. The molecule has 56 valence electrons. The van der Waals surface area contributed by atoms with Gasteiger partial charge in [0.1, 0.15) is 10.4 Å². The number of aryl methyl sites for hydroxylation is 1. The Hall–Kier alpha value is -0.830. The summed E-state index contributed by atoms with van der Waals surface area (Å²) < 4.78 is 2.96. The van der Waals surface area contributed by atoms with Crippen molar-refractivity contribution in [3.63, 3.8) is 0 Å². The fourth-order valence-corrected chi connectivity index (χ4v) is 1.73. The maximum Gasteiger partial charge on any atom is 0.132 e. The van der Waals surface area contributed by atoms with Crippen LogP contribution >= 0.6 is 15.9 Å². The highest BCUT2D eigenvalue weighted by molar-refractivity contribution is 9.10. The maximum absolute atomic E-state index is 4.27. The van der Waals surface area contributed by atoms with E-state index in [2.05, 4.69) is 20.9 Å². The second-order valence-electron chi connectivity index (χ2n) is 2.41. The molecule has 0 fully saturated rings. The van der Waals surface area contributed by atoms with Crippen molar-refractivity contribution >= 4 is 21.4 Å². The SMILES string of the molecule is Cc1nc(Br)c2ccccn12. The highest BCUT2D eigenvalue weighted by Crippen LogP contribution is 2.17. The van der Waals surface area contributed by atoms with Crippen LogP contribution in [0.2, 0.25) is 0 Å². The number of halogens is 1. The van der Waals surface area contributed by atoms with Crippen LogP contribution in [0.1, 0.15) is 5.82 Å². The van der Waals surface area contributed by atoms with Gasteiger partial charge >= 0.3 is 0 Å². The van der Waals surface area contributed by atoms with Gasteiger partial charge in [-0.1, -0.05) is 6.07 Å². The number of rotatable bonds is 0. The minimum Gasteiger partial charge on any atom is -0.303 e. The Balaban J connectivity index is 2.95. The summed E-state index contributed by atoms with van der Waals surface area (Å²) in [7, 11) is 0. The van der Waals surface area contributed by atoms with Crippen molar-refractivity contribution in [3.8, 4) is 0 Å². The number of hydrogen-bond donors (Lipinski definition) is 0. The van der Waals surface area contributed by atoms with E-state index in [0.717, 1.165) is 15.9 Å². The quantitative estimate of drug-likeness (QED) is 0.653. The molecule has 0 saturated carbocycles. The fourth-order valence-electron chi connectivity index (χ4n) is 1.15. The van der Waals surface area contributed by atoms with Crippen LogP contribution in [-0.4, -0.2) is 9.38 Å². The maximum atomic E-state index is 4.27. The van der Waals surface area contributed by atoms with Gasteiger partial charge in [-0.3, -0.25) is 0 Å². The minimum absolute atomic E-state index is 0.913. The van der Waals surface area contributed by atoms with Crippen LogP contribution in [0.25, 0.3) is 5.52 Å². The van der Waals surface area contributed by atoms with Gasteiger partial charge in [0.25, 0.3) is 0 Å². The first-order valence-corrected chi connectivity index (χ1v) is 4.17. The Kier molecular flexibility index (Phi) is 1.46. The summed E-state index contributed by atoms with van der Waals surface area (Å²) in [6, 6.07) is 6.03. The Labute approximate surface area is 73.0 Å². The van der Waals surface area contributed by atoms with Crippen LogP contribution in [0, 0.1) is 6.92 Å². The average molecular weight is 211 g/mol. The first-order valence-electron chi connectivity index (χ1n) is 3.38. The molecule has 2 heterocycles. The molecule has 2 rings (SSSR count). The highest BCUT2D eigenvalue weighted by Gasteiger charge is 2.01. The van der Waals surface area contributed by atoms with Gasteiger partial charge in [-0.05, 0) is 35.0 Å². The molecule has 0 unspecified atom stereocenters. The summed E-state index contributed by atoms with van der Waals surface area (Å²) in [5.41, 5.74) is 1.12. The van der Waals surface area contributed by atoms with Crippen LogP contribution in [0.15, 0.2) is 29.0 Å². The molecule has 0 radical (unpaired) electrons. The summed E-state index contributed by atoms with van der Waals surface area (Å²) in [6.07, 6.45) is 2.00. The van der Waals surface area contributed by atoms with Gasteiger partial charge in [-0.15, -0.1) is 0 Å². The van der Waals surface area contributed by atoms with E-state index in [1.807, 2.05) is 35.7 Å². The van der Waals surface area contributed by atoms with Crippen molar-refractivity contribution in [1.29, 1.82) is 0 Å². The van der Waals surface area contributed by atoms with Crippen LogP contribution in [0.3, 0.4) is 0 Å². The van der Waals surface area contributed by atoms with E-state index in [-0.39, 0.29) is 0 Å². The molecule has 11 heavy (non-hydrogen) atoms. The zero-order valence-corrected chi connectivity index (χ0v) is 7.67. The lowest BCUT2D eigenvalue weighted by molar-refractivity contribution is 1.04. The van der Waals surface area contributed by atoms with Gasteiger partial charge in [0.2, 0.25) is 0 Å². The number of fused-ring (bicyclic) bond motifs is 1. The van der Waals surface area contributed by atoms with Crippen LogP contribution in [0.5, 0.6) is 0 Å². The molecule has 3 heteroatoms. The molecule has 2 aromatic rings. The molecule has 0 aromatic carbocycles. The number of pyridine rings is 1. The van der Waals surface area contributed by atoms with E-state index >= 15 is 0 Å². The Morgan fingerprint density at radius 2 is 2.27 bits per heavy atom. The molecular formula is C8H7BrN2. The van der Waals surface area contributed by atoms with Crippen molar-refractivity contribution in [3.05, 3.63) is 34.8 Å². The van der Waals surface area contributed by atoms with Crippen molar-refractivity contribution in [2.75, 3.05) is 0 Å². The van der Waals surface area contributed by atoms with Crippen LogP contribution < -0.4 is 0 Å². The lowest BCUT2D eigenvalue weighted by atomic mass is 10.4. The second-order valence-corrected chi connectivity index (χ2v) is 3.16. The molecule has 0 bridgehead atoms. The molecule has 2 nitrogen and oxygen atoms in total.